The number of tetrazole rings is 1. The molecule has 0 spiro atoms. The molecule has 1 saturated carbocycles. The van der Waals surface area contributed by atoms with Crippen molar-refractivity contribution in [3.63, 3.8) is 0 Å². The minimum absolute atomic E-state index is 0.0827. The zero-order valence-electron chi connectivity index (χ0n) is 14.1. The molecule has 0 bridgehead atoms. The second-order valence-electron chi connectivity index (χ2n) is 7.20. The van der Waals surface area contributed by atoms with Crippen LogP contribution in [0.3, 0.4) is 0 Å². The van der Waals surface area contributed by atoms with Gasteiger partial charge in [0.15, 0.2) is 0 Å². The van der Waals surface area contributed by atoms with E-state index in [9.17, 15) is 9.90 Å². The van der Waals surface area contributed by atoms with E-state index in [1.807, 2.05) is 4.90 Å². The fourth-order valence-electron chi connectivity index (χ4n) is 4.09. The Morgan fingerprint density at radius 1 is 1.43 bits per heavy atom. The summed E-state index contributed by atoms with van der Waals surface area (Å²) in [6.45, 7) is 5.42. The van der Waals surface area contributed by atoms with Crippen molar-refractivity contribution in [2.24, 2.45) is 11.8 Å². The van der Waals surface area contributed by atoms with Crippen LogP contribution >= 0.6 is 0 Å². The second kappa shape index (κ2) is 6.55. The zero-order chi connectivity index (χ0) is 16.4. The molecule has 23 heavy (non-hydrogen) atoms. The van der Waals surface area contributed by atoms with Crippen LogP contribution in [-0.2, 0) is 4.79 Å². The smallest absolute Gasteiger partial charge is 0.247 e. The largest absolute Gasteiger partial charge is 0.389 e. The Morgan fingerprint density at radius 2 is 2.26 bits per heavy atom. The van der Waals surface area contributed by atoms with Crippen molar-refractivity contribution < 1.29 is 9.90 Å². The molecule has 7 heteroatoms. The van der Waals surface area contributed by atoms with Crippen LogP contribution in [0, 0.1) is 11.8 Å². The van der Waals surface area contributed by atoms with Gasteiger partial charge in [-0.2, -0.15) is 0 Å². The van der Waals surface area contributed by atoms with Gasteiger partial charge in [0.2, 0.25) is 5.91 Å². The average molecular weight is 321 g/mol. The van der Waals surface area contributed by atoms with Crippen LogP contribution in [0.25, 0.3) is 0 Å². The van der Waals surface area contributed by atoms with Gasteiger partial charge in [-0.3, -0.25) is 4.79 Å². The molecule has 1 amide bonds. The molecule has 7 nitrogen and oxygen atoms in total. The lowest BCUT2D eigenvalue weighted by Gasteiger charge is -2.48. The first-order valence-electron chi connectivity index (χ1n) is 8.79. The monoisotopic (exact) mass is 321 g/mol. The van der Waals surface area contributed by atoms with Gasteiger partial charge in [0, 0.05) is 19.0 Å². The Morgan fingerprint density at radius 3 is 2.96 bits per heavy atom. The summed E-state index contributed by atoms with van der Waals surface area (Å²) in [5.74, 6) is 0.456. The first kappa shape index (κ1) is 16.4. The number of amides is 1. The number of fused-ring (bicyclic) bond motifs is 1. The summed E-state index contributed by atoms with van der Waals surface area (Å²) in [6, 6.07) is -0.357. The highest BCUT2D eigenvalue weighted by atomic mass is 16.3. The molecule has 128 valence electrons. The summed E-state index contributed by atoms with van der Waals surface area (Å²) < 4.78 is 1.58. The number of aromatic nitrogens is 4. The Balaban J connectivity index is 1.76. The number of carbonyl (C=O) groups is 1. The molecular weight excluding hydrogens is 294 g/mol. The van der Waals surface area contributed by atoms with Crippen LogP contribution in [0.1, 0.15) is 58.4 Å². The maximum absolute atomic E-state index is 13.1. The zero-order valence-corrected chi connectivity index (χ0v) is 14.1. The lowest BCUT2D eigenvalue weighted by Crippen LogP contribution is -2.56. The maximum Gasteiger partial charge on any atom is 0.247 e. The molecule has 0 radical (unpaired) electrons. The molecule has 3 rings (SSSR count). The normalized spacial score (nSPS) is 30.6. The fourth-order valence-corrected chi connectivity index (χ4v) is 4.09. The molecule has 1 aliphatic carbocycles. The molecule has 2 fully saturated rings. The Hall–Kier alpha value is -1.50. The van der Waals surface area contributed by atoms with E-state index >= 15 is 0 Å². The summed E-state index contributed by atoms with van der Waals surface area (Å²) in [7, 11) is 0. The molecular formula is C16H27N5O2. The number of hydrogen-bond donors (Lipinski definition) is 1. The van der Waals surface area contributed by atoms with Gasteiger partial charge < -0.3 is 10.0 Å². The number of hydrogen-bond acceptors (Lipinski definition) is 5. The number of nitrogens with zero attached hydrogens (tertiary/aromatic N) is 5. The number of piperidine rings is 1. The lowest BCUT2D eigenvalue weighted by molar-refractivity contribution is -0.148. The summed E-state index contributed by atoms with van der Waals surface area (Å²) in [5.41, 5.74) is -0.560. The van der Waals surface area contributed by atoms with Crippen molar-refractivity contribution in [1.82, 2.24) is 25.1 Å². The quantitative estimate of drug-likeness (QED) is 0.906. The SMILES string of the molecule is CC[C@H](C)[C@@H](C(=O)N1CC[C@@]2(O)CCCC[C@H]2C1)n1cnnn1. The van der Waals surface area contributed by atoms with Crippen molar-refractivity contribution in [2.45, 2.75) is 64.0 Å². The summed E-state index contributed by atoms with van der Waals surface area (Å²) in [6.07, 6.45) is 7.23. The topological polar surface area (TPSA) is 84.1 Å². The Bertz CT molecular complexity index is 535. The molecule has 1 saturated heterocycles. The van der Waals surface area contributed by atoms with Crippen LogP contribution < -0.4 is 0 Å². The third-order valence-electron chi connectivity index (χ3n) is 5.83. The molecule has 1 aromatic rings. The van der Waals surface area contributed by atoms with Crippen LogP contribution in [-0.4, -0.2) is 54.8 Å². The van der Waals surface area contributed by atoms with E-state index in [2.05, 4.69) is 29.4 Å². The van der Waals surface area contributed by atoms with E-state index < -0.39 is 5.60 Å². The van der Waals surface area contributed by atoms with E-state index in [-0.39, 0.29) is 23.8 Å². The highest BCUT2D eigenvalue weighted by Gasteiger charge is 2.45. The van der Waals surface area contributed by atoms with Crippen LogP contribution in [0.4, 0.5) is 0 Å². The van der Waals surface area contributed by atoms with Crippen molar-refractivity contribution in [2.75, 3.05) is 13.1 Å². The van der Waals surface area contributed by atoms with Gasteiger partial charge in [-0.05, 0) is 35.6 Å². The summed E-state index contributed by atoms with van der Waals surface area (Å²) in [4.78, 5) is 15.0. The molecule has 1 aliphatic heterocycles. The first-order chi connectivity index (χ1) is 11.0. The van der Waals surface area contributed by atoms with Gasteiger partial charge in [0.05, 0.1) is 5.60 Å². The number of likely N-dealkylation sites (tertiary alicyclic amines) is 1. The molecule has 0 aromatic carbocycles. The molecule has 0 unspecified atom stereocenters. The van der Waals surface area contributed by atoms with Crippen molar-refractivity contribution in [3.05, 3.63) is 6.33 Å². The first-order valence-corrected chi connectivity index (χ1v) is 8.79. The minimum atomic E-state index is -0.560. The van der Waals surface area contributed by atoms with Crippen molar-refractivity contribution in [3.8, 4) is 0 Å². The predicted molar refractivity (Wildman–Crippen MR) is 84.4 cm³/mol. The van der Waals surface area contributed by atoms with E-state index in [4.69, 9.17) is 0 Å². The Kier molecular flexibility index (Phi) is 4.66. The molecule has 1 aromatic heterocycles. The van der Waals surface area contributed by atoms with Gasteiger partial charge in [-0.1, -0.05) is 33.1 Å². The van der Waals surface area contributed by atoms with Gasteiger partial charge >= 0.3 is 0 Å². The highest BCUT2D eigenvalue weighted by molar-refractivity contribution is 5.80. The lowest BCUT2D eigenvalue weighted by atomic mass is 9.71. The molecule has 2 aliphatic rings. The van der Waals surface area contributed by atoms with E-state index in [1.165, 1.54) is 6.33 Å². The molecule has 2 heterocycles. The Labute approximate surface area is 137 Å². The number of carbonyl (C=O) groups excluding carboxylic acids is 1. The van der Waals surface area contributed by atoms with E-state index in [0.717, 1.165) is 32.1 Å². The third-order valence-corrected chi connectivity index (χ3v) is 5.83. The predicted octanol–water partition coefficient (Wildman–Crippen LogP) is 1.41. The average Bonchev–Trinajstić information content (AvgIpc) is 3.07. The van der Waals surface area contributed by atoms with Crippen LogP contribution in [0.2, 0.25) is 0 Å². The maximum atomic E-state index is 13.1. The van der Waals surface area contributed by atoms with E-state index in [0.29, 0.717) is 19.5 Å². The van der Waals surface area contributed by atoms with Crippen LogP contribution in [0.5, 0.6) is 0 Å². The summed E-state index contributed by atoms with van der Waals surface area (Å²) in [5, 5.41) is 22.1. The standard InChI is InChI=1S/C16H27N5O2/c1-3-12(2)14(21-11-17-18-19-21)15(22)20-9-8-16(23)7-5-4-6-13(16)10-20/h11-14,23H,3-10H2,1-2H3/t12-,13-,14-,16-/m0/s1. The third kappa shape index (κ3) is 3.11. The second-order valence-corrected chi connectivity index (χ2v) is 7.20. The number of aliphatic hydroxyl groups is 1. The fraction of sp³-hybridized carbons (Fsp3) is 0.875. The highest BCUT2D eigenvalue weighted by Crippen LogP contribution is 2.40. The van der Waals surface area contributed by atoms with Crippen molar-refractivity contribution in [1.29, 1.82) is 0 Å². The van der Waals surface area contributed by atoms with Crippen molar-refractivity contribution >= 4 is 5.91 Å². The van der Waals surface area contributed by atoms with Gasteiger partial charge in [-0.25, -0.2) is 4.68 Å². The molecule has 1 N–H and O–H groups in total. The van der Waals surface area contributed by atoms with E-state index in [1.54, 1.807) is 4.68 Å². The van der Waals surface area contributed by atoms with Crippen LogP contribution in [0.15, 0.2) is 6.33 Å². The molecule has 4 atom stereocenters. The minimum Gasteiger partial charge on any atom is -0.389 e. The summed E-state index contributed by atoms with van der Waals surface area (Å²) >= 11 is 0. The number of rotatable bonds is 4. The van der Waals surface area contributed by atoms with Gasteiger partial charge in [0.1, 0.15) is 12.4 Å². The van der Waals surface area contributed by atoms with Gasteiger partial charge in [0.25, 0.3) is 0 Å². The van der Waals surface area contributed by atoms with Gasteiger partial charge in [-0.15, -0.1) is 5.10 Å².